The lowest BCUT2D eigenvalue weighted by atomic mass is 10.2. The molecule has 3 rings (SSSR count). The second kappa shape index (κ2) is 6.83. The molecule has 2 heterocycles. The lowest BCUT2D eigenvalue weighted by Crippen LogP contribution is -2.28. The van der Waals surface area contributed by atoms with Gasteiger partial charge in [0.05, 0.1) is 12.7 Å². The van der Waals surface area contributed by atoms with Crippen molar-refractivity contribution in [2.24, 2.45) is 0 Å². The topological polar surface area (TPSA) is 59.4 Å². The van der Waals surface area contributed by atoms with E-state index in [4.69, 9.17) is 4.74 Å². The van der Waals surface area contributed by atoms with Gasteiger partial charge in [0.15, 0.2) is 0 Å². The maximum absolute atomic E-state index is 12.2. The summed E-state index contributed by atoms with van der Waals surface area (Å²) < 4.78 is 7.20. The van der Waals surface area contributed by atoms with Crippen molar-refractivity contribution in [1.82, 2.24) is 9.78 Å². The smallest absolute Gasteiger partial charge is 0.254 e. The van der Waals surface area contributed by atoms with E-state index in [2.05, 4.69) is 39.6 Å². The van der Waals surface area contributed by atoms with Crippen LogP contribution in [-0.2, 0) is 16.1 Å². The summed E-state index contributed by atoms with van der Waals surface area (Å²) in [5, 5.41) is 7.21. The lowest BCUT2D eigenvalue weighted by Gasteiger charge is -2.14. The summed E-state index contributed by atoms with van der Waals surface area (Å²) in [7, 11) is 4.03. The van der Waals surface area contributed by atoms with Crippen molar-refractivity contribution < 1.29 is 9.53 Å². The summed E-state index contributed by atoms with van der Waals surface area (Å²) in [5.41, 5.74) is 2.29. The summed E-state index contributed by atoms with van der Waals surface area (Å²) in [6.07, 6.45) is 3.08. The van der Waals surface area contributed by atoms with E-state index in [1.807, 2.05) is 14.1 Å². The molecule has 1 fully saturated rings. The fourth-order valence-corrected chi connectivity index (χ4v) is 2.63. The van der Waals surface area contributed by atoms with E-state index in [9.17, 15) is 4.79 Å². The van der Waals surface area contributed by atoms with E-state index >= 15 is 0 Å². The number of nitrogens with zero attached hydrogens (tertiary/aromatic N) is 3. The number of carbonyl (C=O) groups is 1. The van der Waals surface area contributed by atoms with E-state index < -0.39 is 0 Å². The van der Waals surface area contributed by atoms with Gasteiger partial charge in [-0.25, -0.2) is 4.68 Å². The Hall–Kier alpha value is -2.34. The maximum Gasteiger partial charge on any atom is 0.254 e. The quantitative estimate of drug-likeness (QED) is 0.918. The summed E-state index contributed by atoms with van der Waals surface area (Å²) >= 11 is 0. The summed E-state index contributed by atoms with van der Waals surface area (Å²) in [6, 6.07) is 10.1. The Balaban J connectivity index is 1.67. The number of hydrogen-bond acceptors (Lipinski definition) is 4. The molecular weight excluding hydrogens is 292 g/mol. The minimum atomic E-state index is -0.335. The van der Waals surface area contributed by atoms with E-state index in [1.165, 1.54) is 0 Å². The van der Waals surface area contributed by atoms with Gasteiger partial charge in [-0.2, -0.15) is 5.10 Å². The SMILES string of the molecule is CN(C)c1ccc(Cn2nccc2NC(=O)C2CCCO2)cc1. The average molecular weight is 314 g/mol. The molecule has 1 N–H and O–H groups in total. The fraction of sp³-hybridized carbons (Fsp3) is 0.412. The van der Waals surface area contributed by atoms with Crippen LogP contribution in [0.15, 0.2) is 36.5 Å². The van der Waals surface area contributed by atoms with Crippen molar-refractivity contribution >= 4 is 17.4 Å². The summed E-state index contributed by atoms with van der Waals surface area (Å²) in [6.45, 7) is 1.28. The van der Waals surface area contributed by atoms with Crippen molar-refractivity contribution in [3.05, 3.63) is 42.1 Å². The molecule has 1 saturated heterocycles. The second-order valence-corrected chi connectivity index (χ2v) is 5.93. The molecule has 1 aromatic heterocycles. The van der Waals surface area contributed by atoms with E-state index in [0.717, 1.165) is 24.1 Å². The molecule has 1 aliphatic rings. The normalized spacial score (nSPS) is 17.2. The largest absolute Gasteiger partial charge is 0.378 e. The number of rotatable bonds is 5. The zero-order valence-corrected chi connectivity index (χ0v) is 13.5. The molecule has 6 nitrogen and oxygen atoms in total. The van der Waals surface area contributed by atoms with Gasteiger partial charge in [0.2, 0.25) is 0 Å². The fourth-order valence-electron chi connectivity index (χ4n) is 2.63. The highest BCUT2D eigenvalue weighted by Gasteiger charge is 2.24. The lowest BCUT2D eigenvalue weighted by molar-refractivity contribution is -0.124. The Morgan fingerprint density at radius 3 is 2.78 bits per heavy atom. The Labute approximate surface area is 136 Å². The molecule has 1 amide bonds. The van der Waals surface area contributed by atoms with Crippen molar-refractivity contribution in [3.63, 3.8) is 0 Å². The average Bonchev–Trinajstić information content (AvgIpc) is 3.20. The Morgan fingerprint density at radius 1 is 1.35 bits per heavy atom. The highest BCUT2D eigenvalue weighted by atomic mass is 16.5. The molecule has 6 heteroatoms. The van der Waals surface area contributed by atoms with Crippen molar-refractivity contribution in [2.75, 3.05) is 30.9 Å². The van der Waals surface area contributed by atoms with Crippen LogP contribution in [0.5, 0.6) is 0 Å². The van der Waals surface area contributed by atoms with Crippen LogP contribution in [0.1, 0.15) is 18.4 Å². The van der Waals surface area contributed by atoms with E-state index in [1.54, 1.807) is 16.9 Å². The number of amides is 1. The van der Waals surface area contributed by atoms with Crippen molar-refractivity contribution in [1.29, 1.82) is 0 Å². The minimum Gasteiger partial charge on any atom is -0.378 e. The van der Waals surface area contributed by atoms with Crippen molar-refractivity contribution in [2.45, 2.75) is 25.5 Å². The monoisotopic (exact) mass is 314 g/mol. The van der Waals surface area contributed by atoms with Crippen LogP contribution in [0.2, 0.25) is 0 Å². The Kier molecular flexibility index (Phi) is 4.62. The first kappa shape index (κ1) is 15.6. The number of anilines is 2. The molecular formula is C17H22N4O2. The van der Waals surface area contributed by atoms with Crippen LogP contribution < -0.4 is 10.2 Å². The summed E-state index contributed by atoms with van der Waals surface area (Å²) in [4.78, 5) is 14.2. The van der Waals surface area contributed by atoms with Gasteiger partial charge in [-0.05, 0) is 30.5 Å². The minimum absolute atomic E-state index is 0.0906. The number of benzene rings is 1. The van der Waals surface area contributed by atoms with Gasteiger partial charge in [-0.3, -0.25) is 4.79 Å². The molecule has 122 valence electrons. The molecule has 0 bridgehead atoms. The van der Waals surface area contributed by atoms with Gasteiger partial charge in [0, 0.05) is 32.5 Å². The molecule has 2 aromatic rings. The molecule has 1 aliphatic heterocycles. The molecule has 0 spiro atoms. The van der Waals surface area contributed by atoms with E-state index in [0.29, 0.717) is 19.0 Å². The second-order valence-electron chi connectivity index (χ2n) is 5.93. The highest BCUT2D eigenvalue weighted by molar-refractivity contribution is 5.93. The van der Waals surface area contributed by atoms with E-state index in [-0.39, 0.29) is 12.0 Å². The number of ether oxygens (including phenoxy) is 1. The Morgan fingerprint density at radius 2 is 2.13 bits per heavy atom. The van der Waals surface area contributed by atoms with Gasteiger partial charge >= 0.3 is 0 Å². The van der Waals surface area contributed by atoms with Gasteiger partial charge in [-0.15, -0.1) is 0 Å². The third kappa shape index (κ3) is 3.71. The zero-order valence-electron chi connectivity index (χ0n) is 13.5. The van der Waals surface area contributed by atoms with Gasteiger partial charge in [-0.1, -0.05) is 12.1 Å². The van der Waals surface area contributed by atoms with Gasteiger partial charge in [0.25, 0.3) is 5.91 Å². The molecule has 1 atom stereocenters. The molecule has 0 saturated carbocycles. The summed E-state index contributed by atoms with van der Waals surface area (Å²) in [5.74, 6) is 0.606. The highest BCUT2D eigenvalue weighted by Crippen LogP contribution is 2.17. The molecule has 23 heavy (non-hydrogen) atoms. The first-order valence-electron chi connectivity index (χ1n) is 7.84. The predicted molar refractivity (Wildman–Crippen MR) is 89.7 cm³/mol. The van der Waals surface area contributed by atoms with Gasteiger partial charge < -0.3 is 15.0 Å². The van der Waals surface area contributed by atoms with Crippen LogP contribution in [0.3, 0.4) is 0 Å². The molecule has 1 aromatic carbocycles. The number of hydrogen-bond donors (Lipinski definition) is 1. The first-order valence-corrected chi connectivity index (χ1v) is 7.84. The van der Waals surface area contributed by atoms with Crippen LogP contribution in [0, 0.1) is 0 Å². The predicted octanol–water partition coefficient (Wildman–Crippen LogP) is 2.11. The standard InChI is InChI=1S/C17H22N4O2/c1-20(2)14-7-5-13(6-8-14)12-21-16(9-10-18-21)19-17(22)15-4-3-11-23-15/h5-10,15H,3-4,11-12H2,1-2H3,(H,19,22). The van der Waals surface area contributed by atoms with Crippen LogP contribution in [-0.4, -0.2) is 42.5 Å². The number of nitrogens with one attached hydrogen (secondary N) is 1. The zero-order chi connectivity index (χ0) is 16.2. The third-order valence-electron chi connectivity index (χ3n) is 3.98. The molecule has 0 aliphatic carbocycles. The number of carbonyl (C=O) groups excluding carboxylic acids is 1. The third-order valence-corrected chi connectivity index (χ3v) is 3.98. The molecule has 1 unspecified atom stereocenters. The first-order chi connectivity index (χ1) is 11.1. The maximum atomic E-state index is 12.2. The Bertz CT molecular complexity index is 657. The van der Waals surface area contributed by atoms with Crippen LogP contribution in [0.25, 0.3) is 0 Å². The molecule has 0 radical (unpaired) electrons. The van der Waals surface area contributed by atoms with Crippen molar-refractivity contribution in [3.8, 4) is 0 Å². The van der Waals surface area contributed by atoms with Gasteiger partial charge in [0.1, 0.15) is 11.9 Å². The van der Waals surface area contributed by atoms with Crippen LogP contribution in [0.4, 0.5) is 11.5 Å². The number of aromatic nitrogens is 2. The van der Waals surface area contributed by atoms with Crippen LogP contribution >= 0.6 is 0 Å².